The monoisotopic (exact) mass is 293 g/mol. The molecule has 0 aliphatic rings. The lowest BCUT2D eigenvalue weighted by molar-refractivity contribution is 0.101. The van der Waals surface area contributed by atoms with Gasteiger partial charge in [-0.3, -0.25) is 9.52 Å². The van der Waals surface area contributed by atoms with Crippen LogP contribution in [0.5, 0.6) is 0 Å². The molecular weight excluding hydrogens is 281 g/mol. The van der Waals surface area contributed by atoms with Crippen molar-refractivity contribution in [2.75, 3.05) is 4.72 Å². The van der Waals surface area contributed by atoms with Gasteiger partial charge in [-0.1, -0.05) is 18.2 Å². The lowest BCUT2D eigenvalue weighted by Crippen LogP contribution is -2.15. The van der Waals surface area contributed by atoms with Gasteiger partial charge in [0.2, 0.25) is 0 Å². The SMILES string of the molecule is CC(=O)c1ccccc1NS(=O)(=O)c1cccc(F)c1. The number of anilines is 1. The van der Waals surface area contributed by atoms with Gasteiger partial charge in [0, 0.05) is 5.56 Å². The molecule has 0 unspecified atom stereocenters. The first-order valence-electron chi connectivity index (χ1n) is 5.78. The number of hydrogen-bond acceptors (Lipinski definition) is 3. The van der Waals surface area contributed by atoms with Crippen LogP contribution < -0.4 is 4.72 Å². The second-order valence-corrected chi connectivity index (χ2v) is 5.85. The van der Waals surface area contributed by atoms with E-state index in [1.165, 1.54) is 31.2 Å². The molecule has 2 rings (SSSR count). The van der Waals surface area contributed by atoms with Crippen molar-refractivity contribution in [3.63, 3.8) is 0 Å². The molecule has 0 aliphatic heterocycles. The number of rotatable bonds is 4. The Morgan fingerprint density at radius 2 is 1.80 bits per heavy atom. The molecule has 2 aromatic carbocycles. The van der Waals surface area contributed by atoms with E-state index in [9.17, 15) is 17.6 Å². The first kappa shape index (κ1) is 14.2. The van der Waals surface area contributed by atoms with E-state index in [4.69, 9.17) is 0 Å². The highest BCUT2D eigenvalue weighted by molar-refractivity contribution is 7.92. The van der Waals surface area contributed by atoms with E-state index in [1.54, 1.807) is 12.1 Å². The number of benzene rings is 2. The minimum atomic E-state index is -3.93. The van der Waals surface area contributed by atoms with Gasteiger partial charge < -0.3 is 0 Å². The van der Waals surface area contributed by atoms with Crippen molar-refractivity contribution in [2.24, 2.45) is 0 Å². The molecule has 0 saturated carbocycles. The molecule has 0 saturated heterocycles. The number of sulfonamides is 1. The summed E-state index contributed by atoms with van der Waals surface area (Å²) in [5.41, 5.74) is 0.428. The molecule has 4 nitrogen and oxygen atoms in total. The predicted molar refractivity (Wildman–Crippen MR) is 73.7 cm³/mol. The van der Waals surface area contributed by atoms with Gasteiger partial charge in [-0.15, -0.1) is 0 Å². The number of nitrogens with one attached hydrogen (secondary N) is 1. The zero-order valence-electron chi connectivity index (χ0n) is 10.6. The second kappa shape index (κ2) is 5.42. The van der Waals surface area contributed by atoms with Crippen LogP contribution in [0.1, 0.15) is 17.3 Å². The van der Waals surface area contributed by atoms with Gasteiger partial charge in [-0.2, -0.15) is 0 Å². The topological polar surface area (TPSA) is 63.2 Å². The molecular formula is C14H12FNO3S. The van der Waals surface area contributed by atoms with Crippen LogP contribution in [-0.2, 0) is 10.0 Å². The average Bonchev–Trinajstić information content (AvgIpc) is 2.38. The maximum absolute atomic E-state index is 13.1. The normalized spacial score (nSPS) is 11.1. The van der Waals surface area contributed by atoms with Gasteiger partial charge >= 0.3 is 0 Å². The summed E-state index contributed by atoms with van der Waals surface area (Å²) >= 11 is 0. The van der Waals surface area contributed by atoms with Gasteiger partial charge in [0.05, 0.1) is 10.6 Å². The van der Waals surface area contributed by atoms with Crippen molar-refractivity contribution in [3.8, 4) is 0 Å². The first-order valence-corrected chi connectivity index (χ1v) is 7.27. The molecule has 0 fully saturated rings. The summed E-state index contributed by atoms with van der Waals surface area (Å²) in [6.07, 6.45) is 0. The molecule has 2 aromatic rings. The number of hydrogen-bond donors (Lipinski definition) is 1. The molecule has 0 radical (unpaired) electrons. The highest BCUT2D eigenvalue weighted by atomic mass is 32.2. The number of Topliss-reactive ketones (excluding diaryl/α,β-unsaturated/α-hetero) is 1. The fourth-order valence-corrected chi connectivity index (χ4v) is 2.83. The number of carbonyl (C=O) groups is 1. The lowest BCUT2D eigenvalue weighted by atomic mass is 10.1. The fourth-order valence-electron chi connectivity index (χ4n) is 1.72. The third-order valence-corrected chi connectivity index (χ3v) is 4.02. The average molecular weight is 293 g/mol. The zero-order chi connectivity index (χ0) is 14.8. The molecule has 0 spiro atoms. The van der Waals surface area contributed by atoms with Crippen molar-refractivity contribution in [1.29, 1.82) is 0 Å². The summed E-state index contributed by atoms with van der Waals surface area (Å²) in [7, 11) is -3.93. The van der Waals surface area contributed by atoms with Crippen LogP contribution in [0.3, 0.4) is 0 Å². The Bertz CT molecular complexity index is 757. The Morgan fingerprint density at radius 3 is 2.45 bits per heavy atom. The van der Waals surface area contributed by atoms with Crippen LogP contribution in [-0.4, -0.2) is 14.2 Å². The van der Waals surface area contributed by atoms with Crippen molar-refractivity contribution in [2.45, 2.75) is 11.8 Å². The van der Waals surface area contributed by atoms with Crippen LogP contribution in [0.2, 0.25) is 0 Å². The molecule has 0 aliphatic carbocycles. The largest absolute Gasteiger partial charge is 0.294 e. The fraction of sp³-hybridized carbons (Fsp3) is 0.0714. The summed E-state index contributed by atoms with van der Waals surface area (Å²) in [5, 5.41) is 0. The Morgan fingerprint density at radius 1 is 1.10 bits per heavy atom. The number of halogens is 1. The number of carbonyl (C=O) groups excluding carboxylic acids is 1. The van der Waals surface area contributed by atoms with E-state index in [0.29, 0.717) is 0 Å². The number of para-hydroxylation sites is 1. The van der Waals surface area contributed by atoms with Crippen LogP contribution in [0.15, 0.2) is 53.4 Å². The lowest BCUT2D eigenvalue weighted by Gasteiger charge is -2.11. The minimum absolute atomic E-state index is 0.171. The quantitative estimate of drug-likeness (QED) is 0.882. The molecule has 0 atom stereocenters. The van der Waals surface area contributed by atoms with Gasteiger partial charge in [0.25, 0.3) is 10.0 Å². The third kappa shape index (κ3) is 3.03. The Labute approximate surface area is 116 Å². The van der Waals surface area contributed by atoms with E-state index in [0.717, 1.165) is 12.1 Å². The summed E-state index contributed by atoms with van der Waals surface area (Å²) in [5.74, 6) is -0.907. The minimum Gasteiger partial charge on any atom is -0.294 e. The van der Waals surface area contributed by atoms with Crippen molar-refractivity contribution in [1.82, 2.24) is 0 Å². The summed E-state index contributed by atoms with van der Waals surface area (Å²) in [6, 6.07) is 10.9. The van der Waals surface area contributed by atoms with Gasteiger partial charge in [0.15, 0.2) is 5.78 Å². The Hall–Kier alpha value is -2.21. The van der Waals surface area contributed by atoms with Crippen LogP contribution in [0.25, 0.3) is 0 Å². The van der Waals surface area contributed by atoms with Crippen molar-refractivity contribution in [3.05, 3.63) is 59.9 Å². The molecule has 6 heteroatoms. The highest BCUT2D eigenvalue weighted by Gasteiger charge is 2.17. The van der Waals surface area contributed by atoms with Crippen molar-refractivity contribution >= 4 is 21.5 Å². The molecule has 1 N–H and O–H groups in total. The second-order valence-electron chi connectivity index (χ2n) is 4.16. The van der Waals surface area contributed by atoms with Crippen molar-refractivity contribution < 1.29 is 17.6 Å². The van der Waals surface area contributed by atoms with Crippen LogP contribution in [0.4, 0.5) is 10.1 Å². The first-order chi connectivity index (χ1) is 9.40. The zero-order valence-corrected chi connectivity index (χ0v) is 11.4. The number of ketones is 1. The van der Waals surface area contributed by atoms with Gasteiger partial charge in [-0.25, -0.2) is 12.8 Å². The smallest absolute Gasteiger partial charge is 0.262 e. The van der Waals surface area contributed by atoms with E-state index in [2.05, 4.69) is 4.72 Å². The molecule has 0 amide bonds. The maximum atomic E-state index is 13.1. The molecule has 0 aromatic heterocycles. The van der Waals surface area contributed by atoms with E-state index in [1.807, 2.05) is 0 Å². The summed E-state index contributed by atoms with van der Waals surface area (Å²) in [6.45, 7) is 1.34. The summed E-state index contributed by atoms with van der Waals surface area (Å²) < 4.78 is 39.7. The summed E-state index contributed by atoms with van der Waals surface area (Å²) in [4.78, 5) is 11.2. The molecule has 20 heavy (non-hydrogen) atoms. The van der Waals surface area contributed by atoms with Crippen LogP contribution in [0, 0.1) is 5.82 Å². The van der Waals surface area contributed by atoms with Crippen LogP contribution >= 0.6 is 0 Å². The standard InChI is InChI=1S/C14H12FNO3S/c1-10(17)13-7-2-3-8-14(13)16-20(18,19)12-6-4-5-11(15)9-12/h2-9,16H,1H3. The highest BCUT2D eigenvalue weighted by Crippen LogP contribution is 2.20. The molecule has 104 valence electrons. The Kier molecular flexibility index (Phi) is 3.85. The van der Waals surface area contributed by atoms with Gasteiger partial charge in [-0.05, 0) is 37.3 Å². The molecule has 0 heterocycles. The third-order valence-electron chi connectivity index (χ3n) is 2.66. The van der Waals surface area contributed by atoms with E-state index >= 15 is 0 Å². The molecule has 0 bridgehead atoms. The maximum Gasteiger partial charge on any atom is 0.262 e. The van der Waals surface area contributed by atoms with Gasteiger partial charge in [0.1, 0.15) is 5.82 Å². The van der Waals surface area contributed by atoms with E-state index in [-0.39, 0.29) is 21.9 Å². The predicted octanol–water partition coefficient (Wildman–Crippen LogP) is 2.83. The van der Waals surface area contributed by atoms with E-state index < -0.39 is 15.8 Å². The Balaban J connectivity index is 2.41.